The molecule has 0 amide bonds. The molecule has 1 fully saturated rings. The first-order valence-electron chi connectivity index (χ1n) is 5.87. The van der Waals surface area contributed by atoms with Crippen LogP contribution >= 0.6 is 11.6 Å². The van der Waals surface area contributed by atoms with Crippen LogP contribution < -0.4 is 0 Å². The molecule has 2 unspecified atom stereocenters. The van der Waals surface area contributed by atoms with Crippen LogP contribution in [0.1, 0.15) is 18.4 Å². The SMILES string of the molecule is OC(Cc1c(F)cccc1Cl)C1CCCOC1. The lowest BCUT2D eigenvalue weighted by Gasteiger charge is -2.27. The van der Waals surface area contributed by atoms with Gasteiger partial charge in [-0.25, -0.2) is 4.39 Å². The van der Waals surface area contributed by atoms with Gasteiger partial charge in [0.15, 0.2) is 0 Å². The fourth-order valence-corrected chi connectivity index (χ4v) is 2.41. The summed E-state index contributed by atoms with van der Waals surface area (Å²) >= 11 is 5.93. The summed E-state index contributed by atoms with van der Waals surface area (Å²) in [5, 5.41) is 10.4. The van der Waals surface area contributed by atoms with E-state index in [1.807, 2.05) is 0 Å². The predicted octanol–water partition coefficient (Wildman–Crippen LogP) is 2.81. The van der Waals surface area contributed by atoms with Gasteiger partial charge in [-0.15, -0.1) is 0 Å². The number of rotatable bonds is 3. The van der Waals surface area contributed by atoms with Gasteiger partial charge in [0, 0.05) is 29.5 Å². The summed E-state index contributed by atoms with van der Waals surface area (Å²) in [5.74, 6) is -0.271. The fourth-order valence-electron chi connectivity index (χ4n) is 2.17. The van der Waals surface area contributed by atoms with Gasteiger partial charge in [-0.1, -0.05) is 17.7 Å². The topological polar surface area (TPSA) is 29.5 Å². The maximum atomic E-state index is 13.6. The van der Waals surface area contributed by atoms with Crippen LogP contribution in [-0.4, -0.2) is 24.4 Å². The zero-order valence-electron chi connectivity index (χ0n) is 9.53. The maximum absolute atomic E-state index is 13.6. The van der Waals surface area contributed by atoms with Gasteiger partial charge < -0.3 is 9.84 Å². The van der Waals surface area contributed by atoms with Gasteiger partial charge in [0.05, 0.1) is 12.7 Å². The summed E-state index contributed by atoms with van der Waals surface area (Å²) in [6.45, 7) is 1.30. The second-order valence-electron chi connectivity index (χ2n) is 4.45. The van der Waals surface area contributed by atoms with Crippen LogP contribution in [-0.2, 0) is 11.2 Å². The van der Waals surface area contributed by atoms with Gasteiger partial charge in [-0.2, -0.15) is 0 Å². The van der Waals surface area contributed by atoms with Crippen molar-refractivity contribution in [2.24, 2.45) is 5.92 Å². The van der Waals surface area contributed by atoms with Crippen molar-refractivity contribution in [3.05, 3.63) is 34.6 Å². The standard InChI is InChI=1S/C13H16ClFO2/c14-11-4-1-5-12(15)10(11)7-13(16)9-3-2-6-17-8-9/h1,4-5,9,13,16H,2-3,6-8H2. The first-order chi connectivity index (χ1) is 8.18. The molecule has 1 saturated heterocycles. The van der Waals surface area contributed by atoms with Crippen molar-refractivity contribution in [2.75, 3.05) is 13.2 Å². The van der Waals surface area contributed by atoms with E-state index < -0.39 is 6.10 Å². The number of benzene rings is 1. The highest BCUT2D eigenvalue weighted by molar-refractivity contribution is 6.31. The smallest absolute Gasteiger partial charge is 0.127 e. The number of hydrogen-bond donors (Lipinski definition) is 1. The molecule has 0 aliphatic carbocycles. The van der Waals surface area contributed by atoms with Crippen LogP contribution in [0.25, 0.3) is 0 Å². The molecule has 1 heterocycles. The molecule has 0 saturated carbocycles. The minimum Gasteiger partial charge on any atom is -0.392 e. The molecule has 94 valence electrons. The van der Waals surface area contributed by atoms with E-state index in [2.05, 4.69) is 0 Å². The van der Waals surface area contributed by atoms with Crippen molar-refractivity contribution in [3.8, 4) is 0 Å². The Bertz CT molecular complexity index is 357. The lowest BCUT2D eigenvalue weighted by Crippen LogP contribution is -2.30. The van der Waals surface area contributed by atoms with Crippen molar-refractivity contribution in [1.82, 2.24) is 0 Å². The molecular weight excluding hydrogens is 243 g/mol. The maximum Gasteiger partial charge on any atom is 0.127 e. The average Bonchev–Trinajstić information content (AvgIpc) is 2.35. The van der Waals surface area contributed by atoms with E-state index in [0.29, 0.717) is 17.2 Å². The molecule has 1 N–H and O–H groups in total. The van der Waals surface area contributed by atoms with Gasteiger partial charge in [0.25, 0.3) is 0 Å². The highest BCUT2D eigenvalue weighted by Gasteiger charge is 2.24. The Labute approximate surface area is 105 Å². The summed E-state index contributed by atoms with van der Waals surface area (Å²) in [6.07, 6.45) is 1.53. The second kappa shape index (κ2) is 5.80. The van der Waals surface area contributed by atoms with Crippen LogP contribution in [0.3, 0.4) is 0 Å². The molecule has 0 aromatic heterocycles. The number of halogens is 2. The highest BCUT2D eigenvalue weighted by Crippen LogP contribution is 2.25. The van der Waals surface area contributed by atoms with E-state index in [4.69, 9.17) is 16.3 Å². The summed E-state index contributed by atoms with van der Waals surface area (Å²) < 4.78 is 18.9. The number of hydrogen-bond acceptors (Lipinski definition) is 2. The molecular formula is C13H16ClFO2. The monoisotopic (exact) mass is 258 g/mol. The third-order valence-electron chi connectivity index (χ3n) is 3.21. The van der Waals surface area contributed by atoms with Gasteiger partial charge >= 0.3 is 0 Å². The number of ether oxygens (including phenoxy) is 1. The second-order valence-corrected chi connectivity index (χ2v) is 4.86. The van der Waals surface area contributed by atoms with E-state index in [1.54, 1.807) is 12.1 Å². The highest BCUT2D eigenvalue weighted by atomic mass is 35.5. The van der Waals surface area contributed by atoms with Crippen molar-refractivity contribution in [3.63, 3.8) is 0 Å². The molecule has 0 bridgehead atoms. The molecule has 17 heavy (non-hydrogen) atoms. The molecule has 2 rings (SSSR count). The molecule has 1 aliphatic rings. The van der Waals surface area contributed by atoms with E-state index in [1.165, 1.54) is 6.07 Å². The first-order valence-corrected chi connectivity index (χ1v) is 6.25. The Kier molecular flexibility index (Phi) is 4.37. The molecule has 2 nitrogen and oxygen atoms in total. The van der Waals surface area contributed by atoms with Gasteiger partial charge in [0.2, 0.25) is 0 Å². The van der Waals surface area contributed by atoms with Crippen molar-refractivity contribution in [1.29, 1.82) is 0 Å². The summed E-state index contributed by atoms with van der Waals surface area (Å²) in [4.78, 5) is 0. The lowest BCUT2D eigenvalue weighted by molar-refractivity contribution is -0.00872. The van der Waals surface area contributed by atoms with Gasteiger partial charge in [0.1, 0.15) is 5.82 Å². The average molecular weight is 259 g/mol. The Morgan fingerprint density at radius 2 is 2.35 bits per heavy atom. The fraction of sp³-hybridized carbons (Fsp3) is 0.538. The Balaban J connectivity index is 2.04. The molecule has 1 aliphatic heterocycles. The van der Waals surface area contributed by atoms with E-state index >= 15 is 0 Å². The molecule has 0 spiro atoms. The van der Waals surface area contributed by atoms with Crippen LogP contribution in [0.2, 0.25) is 5.02 Å². The molecule has 2 atom stereocenters. The third kappa shape index (κ3) is 3.18. The zero-order valence-corrected chi connectivity index (χ0v) is 10.3. The minimum atomic E-state index is -0.593. The summed E-state index contributed by atoms with van der Waals surface area (Å²) in [5.41, 5.74) is 0.396. The molecule has 1 aromatic rings. The Morgan fingerprint density at radius 3 is 3.00 bits per heavy atom. The predicted molar refractivity (Wildman–Crippen MR) is 64.7 cm³/mol. The third-order valence-corrected chi connectivity index (χ3v) is 3.57. The molecule has 4 heteroatoms. The number of aliphatic hydroxyl groups excluding tert-OH is 1. The molecule has 0 radical (unpaired) electrons. The van der Waals surface area contributed by atoms with Crippen molar-refractivity contribution < 1.29 is 14.2 Å². The largest absolute Gasteiger partial charge is 0.392 e. The van der Waals surface area contributed by atoms with Crippen molar-refractivity contribution >= 4 is 11.6 Å². The van der Waals surface area contributed by atoms with Crippen LogP contribution in [0.5, 0.6) is 0 Å². The van der Waals surface area contributed by atoms with Crippen LogP contribution in [0.15, 0.2) is 18.2 Å². The Morgan fingerprint density at radius 1 is 1.53 bits per heavy atom. The normalized spacial score (nSPS) is 22.4. The van der Waals surface area contributed by atoms with Crippen LogP contribution in [0, 0.1) is 11.7 Å². The quantitative estimate of drug-likeness (QED) is 0.903. The van der Waals surface area contributed by atoms with E-state index in [9.17, 15) is 9.50 Å². The number of aliphatic hydroxyl groups is 1. The first kappa shape index (κ1) is 12.8. The van der Waals surface area contributed by atoms with Crippen molar-refractivity contribution in [2.45, 2.75) is 25.4 Å². The van der Waals surface area contributed by atoms with Gasteiger partial charge in [-0.3, -0.25) is 0 Å². The summed E-state index contributed by atoms with van der Waals surface area (Å²) in [7, 11) is 0. The summed E-state index contributed by atoms with van der Waals surface area (Å²) in [6, 6.07) is 4.58. The Hall–Kier alpha value is -0.640. The van der Waals surface area contributed by atoms with E-state index in [-0.39, 0.29) is 18.2 Å². The molecule has 1 aromatic carbocycles. The van der Waals surface area contributed by atoms with Crippen LogP contribution in [0.4, 0.5) is 4.39 Å². The zero-order chi connectivity index (χ0) is 12.3. The lowest BCUT2D eigenvalue weighted by atomic mass is 9.91. The van der Waals surface area contributed by atoms with Gasteiger partial charge in [-0.05, 0) is 25.0 Å². The minimum absolute atomic E-state index is 0.0828. The van der Waals surface area contributed by atoms with E-state index in [0.717, 1.165) is 19.4 Å².